The molecular weight excluding hydrogens is 208 g/mol. The zero-order valence-corrected chi connectivity index (χ0v) is 7.97. The molecule has 3 nitrogen and oxygen atoms in total. The number of halogens is 1. The van der Waals surface area contributed by atoms with Crippen molar-refractivity contribution in [3.05, 3.63) is 26.8 Å². The van der Waals surface area contributed by atoms with Crippen LogP contribution in [0, 0.1) is 0 Å². The second-order valence-electron chi connectivity index (χ2n) is 2.60. The second kappa shape index (κ2) is 3.17. The Labute approximate surface area is 73.0 Å². The normalized spacial score (nSPS) is 10.5. The molecule has 11 heavy (non-hydrogen) atoms. The van der Waals surface area contributed by atoms with Crippen LogP contribution in [0.3, 0.4) is 0 Å². The minimum absolute atomic E-state index is 0.122. The van der Waals surface area contributed by atoms with E-state index in [1.54, 1.807) is 0 Å². The van der Waals surface area contributed by atoms with Crippen molar-refractivity contribution in [2.24, 2.45) is 0 Å². The summed E-state index contributed by atoms with van der Waals surface area (Å²) in [7, 11) is 0. The van der Waals surface area contributed by atoms with Crippen molar-refractivity contribution in [1.29, 1.82) is 0 Å². The van der Waals surface area contributed by atoms with E-state index in [1.165, 1.54) is 6.20 Å². The van der Waals surface area contributed by atoms with Crippen molar-refractivity contribution in [2.45, 2.75) is 19.8 Å². The summed E-state index contributed by atoms with van der Waals surface area (Å²) in [6.07, 6.45) is 1.52. The van der Waals surface area contributed by atoms with E-state index in [-0.39, 0.29) is 11.5 Å². The molecule has 0 aliphatic heterocycles. The van der Waals surface area contributed by atoms with Crippen LogP contribution in [0.1, 0.15) is 25.6 Å². The predicted octanol–water partition coefficient (Wildman–Crippen LogP) is 1.66. The average Bonchev–Trinajstić information content (AvgIpc) is 1.94. The molecule has 1 rings (SSSR count). The Hall–Kier alpha value is -0.640. The fourth-order valence-corrected chi connectivity index (χ4v) is 0.888. The Kier molecular flexibility index (Phi) is 2.44. The highest BCUT2D eigenvalue weighted by Crippen LogP contribution is 2.07. The molecule has 4 heteroatoms. The molecule has 0 fully saturated rings. The third-order valence-electron chi connectivity index (χ3n) is 1.32. The topological polar surface area (TPSA) is 45.8 Å². The number of hydrogen-bond donors (Lipinski definition) is 1. The molecule has 0 aromatic carbocycles. The van der Waals surface area contributed by atoms with Crippen LogP contribution in [0.15, 0.2) is 15.5 Å². The summed E-state index contributed by atoms with van der Waals surface area (Å²) < 4.78 is 0.474. The van der Waals surface area contributed by atoms with Crippen molar-refractivity contribution in [2.75, 3.05) is 0 Å². The molecule has 0 amide bonds. The van der Waals surface area contributed by atoms with E-state index < -0.39 is 0 Å². The second-order valence-corrected chi connectivity index (χ2v) is 3.45. The minimum atomic E-state index is -0.122. The van der Waals surface area contributed by atoms with Gasteiger partial charge in [-0.25, -0.2) is 4.98 Å². The van der Waals surface area contributed by atoms with Crippen LogP contribution in [0.25, 0.3) is 0 Å². The molecule has 0 aliphatic rings. The van der Waals surface area contributed by atoms with Crippen molar-refractivity contribution < 1.29 is 0 Å². The van der Waals surface area contributed by atoms with E-state index in [2.05, 4.69) is 25.9 Å². The zero-order chi connectivity index (χ0) is 8.43. The average molecular weight is 217 g/mol. The van der Waals surface area contributed by atoms with Gasteiger partial charge in [0.2, 0.25) is 0 Å². The summed E-state index contributed by atoms with van der Waals surface area (Å²) >= 11 is 3.07. The maximum absolute atomic E-state index is 11.0. The van der Waals surface area contributed by atoms with Crippen molar-refractivity contribution in [3.8, 4) is 0 Å². The van der Waals surface area contributed by atoms with Gasteiger partial charge in [0.25, 0.3) is 5.56 Å². The highest BCUT2D eigenvalue weighted by Gasteiger charge is 2.02. The van der Waals surface area contributed by atoms with E-state index >= 15 is 0 Å². The molecule has 0 atom stereocenters. The molecule has 1 heterocycles. The molecule has 0 radical (unpaired) electrons. The third kappa shape index (κ3) is 1.89. The predicted molar refractivity (Wildman–Crippen MR) is 46.6 cm³/mol. The Bertz CT molecular complexity index is 306. The summed E-state index contributed by atoms with van der Waals surface area (Å²) in [5, 5.41) is 0. The lowest BCUT2D eigenvalue weighted by molar-refractivity contribution is 0.764. The highest BCUT2D eigenvalue weighted by atomic mass is 79.9. The lowest BCUT2D eigenvalue weighted by atomic mass is 10.2. The molecule has 0 unspecified atom stereocenters. The van der Waals surface area contributed by atoms with Crippen molar-refractivity contribution >= 4 is 15.9 Å². The summed E-state index contributed by atoms with van der Waals surface area (Å²) in [5.41, 5.74) is -0.122. The van der Waals surface area contributed by atoms with Gasteiger partial charge >= 0.3 is 0 Å². The van der Waals surface area contributed by atoms with Crippen LogP contribution in [0.5, 0.6) is 0 Å². The Morgan fingerprint density at radius 2 is 2.27 bits per heavy atom. The third-order valence-corrected chi connectivity index (χ3v) is 1.89. The Balaban J connectivity index is 3.16. The molecule has 0 saturated heterocycles. The smallest absolute Gasteiger partial charge is 0.265 e. The first kappa shape index (κ1) is 8.46. The Morgan fingerprint density at radius 3 is 2.73 bits per heavy atom. The molecule has 1 N–H and O–H groups in total. The quantitative estimate of drug-likeness (QED) is 0.777. The maximum Gasteiger partial charge on any atom is 0.265 e. The number of H-pyrrole nitrogens is 1. The highest BCUT2D eigenvalue weighted by molar-refractivity contribution is 9.10. The van der Waals surface area contributed by atoms with E-state index in [4.69, 9.17) is 0 Å². The monoisotopic (exact) mass is 216 g/mol. The molecule has 1 aromatic heterocycles. The van der Waals surface area contributed by atoms with Gasteiger partial charge in [0, 0.05) is 12.1 Å². The fourth-order valence-electron chi connectivity index (χ4n) is 0.687. The van der Waals surface area contributed by atoms with Crippen LogP contribution >= 0.6 is 15.9 Å². The van der Waals surface area contributed by atoms with Crippen LogP contribution < -0.4 is 5.56 Å². The largest absolute Gasteiger partial charge is 0.309 e. The number of aromatic amines is 1. The maximum atomic E-state index is 11.0. The first-order valence-electron chi connectivity index (χ1n) is 3.36. The Morgan fingerprint density at radius 1 is 1.64 bits per heavy atom. The number of nitrogens with one attached hydrogen (secondary N) is 1. The SMILES string of the molecule is CC(C)c1ncc(Br)c(=O)[nH]1. The number of hydrogen-bond acceptors (Lipinski definition) is 2. The van der Waals surface area contributed by atoms with E-state index in [1.807, 2.05) is 13.8 Å². The van der Waals surface area contributed by atoms with Gasteiger partial charge in [0.1, 0.15) is 10.3 Å². The zero-order valence-electron chi connectivity index (χ0n) is 6.39. The molecule has 60 valence electrons. The molecular formula is C7H9BrN2O. The molecule has 0 saturated carbocycles. The van der Waals surface area contributed by atoms with Gasteiger partial charge in [0.05, 0.1) is 0 Å². The summed E-state index contributed by atoms with van der Waals surface area (Å²) in [4.78, 5) is 17.7. The van der Waals surface area contributed by atoms with Gasteiger partial charge in [-0.1, -0.05) is 13.8 Å². The van der Waals surface area contributed by atoms with Gasteiger partial charge in [0.15, 0.2) is 0 Å². The first-order chi connectivity index (χ1) is 5.11. The van der Waals surface area contributed by atoms with Crippen LogP contribution in [-0.4, -0.2) is 9.97 Å². The number of rotatable bonds is 1. The van der Waals surface area contributed by atoms with Gasteiger partial charge in [-0.05, 0) is 15.9 Å². The van der Waals surface area contributed by atoms with Crippen molar-refractivity contribution in [3.63, 3.8) is 0 Å². The fraction of sp³-hybridized carbons (Fsp3) is 0.429. The van der Waals surface area contributed by atoms with Crippen molar-refractivity contribution in [1.82, 2.24) is 9.97 Å². The molecule has 0 spiro atoms. The van der Waals surface area contributed by atoms with Gasteiger partial charge in [-0.2, -0.15) is 0 Å². The molecule has 0 bridgehead atoms. The first-order valence-corrected chi connectivity index (χ1v) is 4.15. The van der Waals surface area contributed by atoms with Gasteiger partial charge in [-0.3, -0.25) is 4.79 Å². The number of aromatic nitrogens is 2. The van der Waals surface area contributed by atoms with E-state index in [9.17, 15) is 4.79 Å². The van der Waals surface area contributed by atoms with E-state index in [0.29, 0.717) is 4.47 Å². The standard InChI is InChI=1S/C7H9BrN2O/c1-4(2)6-9-3-5(8)7(11)10-6/h3-4H,1-2H3,(H,9,10,11). The van der Waals surface area contributed by atoms with E-state index in [0.717, 1.165) is 5.82 Å². The lowest BCUT2D eigenvalue weighted by Gasteiger charge is -2.01. The van der Waals surface area contributed by atoms with Gasteiger partial charge in [-0.15, -0.1) is 0 Å². The van der Waals surface area contributed by atoms with Crippen LogP contribution in [0.4, 0.5) is 0 Å². The number of nitrogens with zero attached hydrogens (tertiary/aromatic N) is 1. The van der Waals surface area contributed by atoms with Crippen LogP contribution in [-0.2, 0) is 0 Å². The summed E-state index contributed by atoms with van der Waals surface area (Å²) in [5.74, 6) is 0.981. The minimum Gasteiger partial charge on any atom is -0.309 e. The molecule has 0 aliphatic carbocycles. The summed E-state index contributed by atoms with van der Waals surface area (Å²) in [6.45, 7) is 3.96. The van der Waals surface area contributed by atoms with Crippen LogP contribution in [0.2, 0.25) is 0 Å². The summed E-state index contributed by atoms with van der Waals surface area (Å²) in [6, 6.07) is 0. The van der Waals surface area contributed by atoms with Gasteiger partial charge < -0.3 is 4.98 Å². The lowest BCUT2D eigenvalue weighted by Crippen LogP contribution is -2.12. The molecule has 1 aromatic rings.